The van der Waals surface area contributed by atoms with Crippen molar-refractivity contribution in [1.82, 2.24) is 10.2 Å². The molecule has 20 heavy (non-hydrogen) atoms. The Morgan fingerprint density at radius 1 is 1.35 bits per heavy atom. The van der Waals surface area contributed by atoms with E-state index in [4.69, 9.17) is 5.11 Å². The average Bonchev–Trinajstić information content (AvgIpc) is 2.87. The van der Waals surface area contributed by atoms with E-state index in [0.29, 0.717) is 11.1 Å². The van der Waals surface area contributed by atoms with Crippen molar-refractivity contribution in [1.29, 1.82) is 0 Å². The van der Waals surface area contributed by atoms with Crippen molar-refractivity contribution in [2.45, 2.75) is 18.7 Å². The van der Waals surface area contributed by atoms with Gasteiger partial charge in [-0.05, 0) is 37.1 Å². The molecule has 0 aliphatic heterocycles. The van der Waals surface area contributed by atoms with Crippen molar-refractivity contribution in [2.75, 3.05) is 4.72 Å². The second-order valence-corrected chi connectivity index (χ2v) is 5.99. The molecule has 3 N–H and O–H groups in total. The molecule has 0 bridgehead atoms. The summed E-state index contributed by atoms with van der Waals surface area (Å²) in [6.45, 7) is 3.39. The van der Waals surface area contributed by atoms with Crippen LogP contribution in [0.3, 0.4) is 0 Å². The van der Waals surface area contributed by atoms with Crippen molar-refractivity contribution in [2.24, 2.45) is 0 Å². The van der Waals surface area contributed by atoms with E-state index < -0.39 is 16.0 Å². The minimum atomic E-state index is -3.78. The number of benzene rings is 1. The monoisotopic (exact) mass is 295 g/mol. The van der Waals surface area contributed by atoms with Gasteiger partial charge in [0.2, 0.25) is 0 Å². The van der Waals surface area contributed by atoms with Crippen LogP contribution in [0.25, 0.3) is 0 Å². The number of hydrogen-bond acceptors (Lipinski definition) is 4. The molecule has 106 valence electrons. The highest BCUT2D eigenvalue weighted by atomic mass is 32.2. The van der Waals surface area contributed by atoms with Crippen molar-refractivity contribution in [3.05, 3.63) is 41.2 Å². The number of hydrogen-bond donors (Lipinski definition) is 3. The van der Waals surface area contributed by atoms with Crippen LogP contribution in [0, 0.1) is 13.8 Å². The first-order chi connectivity index (χ1) is 9.31. The van der Waals surface area contributed by atoms with Gasteiger partial charge in [-0.2, -0.15) is 5.10 Å². The third-order valence-corrected chi connectivity index (χ3v) is 4.28. The van der Waals surface area contributed by atoms with Crippen LogP contribution in [0.5, 0.6) is 0 Å². The molecule has 0 radical (unpaired) electrons. The Kier molecular flexibility index (Phi) is 3.49. The maximum Gasteiger partial charge on any atom is 0.336 e. The molecule has 7 nitrogen and oxygen atoms in total. The van der Waals surface area contributed by atoms with Crippen LogP contribution in [0.15, 0.2) is 29.4 Å². The number of carboxylic acid groups (broad SMARTS) is 1. The molecule has 0 spiro atoms. The zero-order chi connectivity index (χ0) is 14.9. The third kappa shape index (κ3) is 2.64. The smallest absolute Gasteiger partial charge is 0.336 e. The fraction of sp³-hybridized carbons (Fsp3) is 0.167. The highest BCUT2D eigenvalue weighted by Gasteiger charge is 2.17. The fourth-order valence-corrected chi connectivity index (χ4v) is 2.69. The first-order valence-corrected chi connectivity index (χ1v) is 7.16. The van der Waals surface area contributed by atoms with E-state index in [1.807, 2.05) is 0 Å². The second kappa shape index (κ2) is 4.97. The van der Waals surface area contributed by atoms with E-state index in [2.05, 4.69) is 14.9 Å². The van der Waals surface area contributed by atoms with Crippen LogP contribution < -0.4 is 4.72 Å². The number of rotatable bonds is 4. The third-order valence-electron chi connectivity index (χ3n) is 2.93. The summed E-state index contributed by atoms with van der Waals surface area (Å²) in [5, 5.41) is 15.1. The molecule has 0 amide bonds. The number of sulfonamides is 1. The summed E-state index contributed by atoms with van der Waals surface area (Å²) in [5.74, 6) is -1.10. The van der Waals surface area contributed by atoms with Crippen LogP contribution >= 0.6 is 0 Å². The molecule has 1 aromatic carbocycles. The van der Waals surface area contributed by atoms with Crippen LogP contribution in [-0.4, -0.2) is 29.7 Å². The molecule has 1 aromatic heterocycles. The molecule has 0 saturated heterocycles. The minimum absolute atomic E-state index is 0.0207. The van der Waals surface area contributed by atoms with Crippen LogP contribution in [0.1, 0.15) is 21.5 Å². The largest absolute Gasteiger partial charge is 0.478 e. The quantitative estimate of drug-likeness (QED) is 0.791. The lowest BCUT2D eigenvalue weighted by molar-refractivity contribution is 0.0696. The van der Waals surface area contributed by atoms with Gasteiger partial charge in [0.15, 0.2) is 0 Å². The lowest BCUT2D eigenvalue weighted by Crippen LogP contribution is -2.13. The van der Waals surface area contributed by atoms with Gasteiger partial charge in [0.25, 0.3) is 10.0 Å². The summed E-state index contributed by atoms with van der Waals surface area (Å²) < 4.78 is 26.4. The molecule has 0 aliphatic carbocycles. The summed E-state index contributed by atoms with van der Waals surface area (Å²) in [6.07, 6.45) is 2.41. The zero-order valence-electron chi connectivity index (χ0n) is 10.8. The van der Waals surface area contributed by atoms with E-state index >= 15 is 0 Å². The molecule has 1 heterocycles. The van der Waals surface area contributed by atoms with Gasteiger partial charge in [-0.25, -0.2) is 13.2 Å². The Bertz CT molecular complexity index is 751. The number of carboxylic acids is 1. The summed E-state index contributed by atoms with van der Waals surface area (Å²) in [5.41, 5.74) is 1.56. The van der Waals surface area contributed by atoms with Gasteiger partial charge in [0.05, 0.1) is 11.8 Å². The molecular weight excluding hydrogens is 282 g/mol. The van der Waals surface area contributed by atoms with E-state index in [1.54, 1.807) is 19.9 Å². The number of nitrogens with zero attached hydrogens (tertiary/aromatic N) is 1. The number of aromatic nitrogens is 2. The SMILES string of the molecule is Cc1cc(NS(=O)(=O)c2cn[nH]c2)cc(C(=O)O)c1C. The Morgan fingerprint density at radius 3 is 2.60 bits per heavy atom. The lowest BCUT2D eigenvalue weighted by atomic mass is 10.0. The zero-order valence-corrected chi connectivity index (χ0v) is 11.7. The van der Waals surface area contributed by atoms with Gasteiger partial charge < -0.3 is 5.11 Å². The van der Waals surface area contributed by atoms with E-state index in [-0.39, 0.29) is 16.1 Å². The Labute approximate surface area is 115 Å². The summed E-state index contributed by atoms with van der Waals surface area (Å²) in [7, 11) is -3.78. The van der Waals surface area contributed by atoms with Gasteiger partial charge >= 0.3 is 5.97 Å². The van der Waals surface area contributed by atoms with Crippen LogP contribution in [0.2, 0.25) is 0 Å². The Balaban J connectivity index is 2.43. The highest BCUT2D eigenvalue weighted by Crippen LogP contribution is 2.22. The standard InChI is InChI=1S/C12H13N3O4S/c1-7-3-9(4-11(8(7)2)12(16)17)15-20(18,19)10-5-13-14-6-10/h3-6,15H,1-2H3,(H,13,14)(H,16,17). The molecule has 0 saturated carbocycles. The molecule has 0 aliphatic rings. The first-order valence-electron chi connectivity index (χ1n) is 5.67. The predicted molar refractivity (Wildman–Crippen MR) is 72.3 cm³/mol. The van der Waals surface area contributed by atoms with Crippen molar-refractivity contribution < 1.29 is 18.3 Å². The lowest BCUT2D eigenvalue weighted by Gasteiger charge is -2.11. The topological polar surface area (TPSA) is 112 Å². The number of H-pyrrole nitrogens is 1. The first kappa shape index (κ1) is 14.1. The molecule has 8 heteroatoms. The Hall–Kier alpha value is -2.35. The number of aromatic carboxylic acids is 1. The molecule has 0 fully saturated rings. The summed E-state index contributed by atoms with van der Waals surface area (Å²) in [6, 6.07) is 2.88. The number of carbonyl (C=O) groups is 1. The summed E-state index contributed by atoms with van der Waals surface area (Å²) in [4.78, 5) is 11.1. The molecule has 2 rings (SSSR count). The minimum Gasteiger partial charge on any atom is -0.478 e. The number of nitrogens with one attached hydrogen (secondary N) is 2. The molecule has 0 unspecified atom stereocenters. The van der Waals surface area contributed by atoms with Gasteiger partial charge in [-0.3, -0.25) is 9.82 Å². The fourth-order valence-electron chi connectivity index (χ4n) is 1.74. The van der Waals surface area contributed by atoms with Crippen molar-refractivity contribution in [3.8, 4) is 0 Å². The normalized spacial score (nSPS) is 11.3. The van der Waals surface area contributed by atoms with Gasteiger partial charge in [-0.1, -0.05) is 0 Å². The maximum atomic E-state index is 12.0. The van der Waals surface area contributed by atoms with Crippen molar-refractivity contribution in [3.63, 3.8) is 0 Å². The number of aromatic amines is 1. The highest BCUT2D eigenvalue weighted by molar-refractivity contribution is 7.92. The number of anilines is 1. The number of aryl methyl sites for hydroxylation is 1. The van der Waals surface area contributed by atoms with E-state index in [9.17, 15) is 13.2 Å². The molecule has 0 atom stereocenters. The van der Waals surface area contributed by atoms with E-state index in [0.717, 1.165) is 0 Å². The van der Waals surface area contributed by atoms with Gasteiger partial charge in [-0.15, -0.1) is 0 Å². The second-order valence-electron chi connectivity index (χ2n) is 4.31. The summed E-state index contributed by atoms with van der Waals surface area (Å²) >= 11 is 0. The van der Waals surface area contributed by atoms with Crippen LogP contribution in [-0.2, 0) is 10.0 Å². The van der Waals surface area contributed by atoms with Crippen molar-refractivity contribution >= 4 is 21.7 Å². The predicted octanol–water partition coefficient (Wildman–Crippen LogP) is 1.53. The van der Waals surface area contributed by atoms with Gasteiger partial charge in [0, 0.05) is 11.9 Å². The molecular formula is C12H13N3O4S. The maximum absolute atomic E-state index is 12.0. The van der Waals surface area contributed by atoms with Gasteiger partial charge in [0.1, 0.15) is 4.90 Å². The van der Waals surface area contributed by atoms with E-state index in [1.165, 1.54) is 18.5 Å². The van der Waals surface area contributed by atoms with Crippen LogP contribution in [0.4, 0.5) is 5.69 Å². The average molecular weight is 295 g/mol. The molecule has 2 aromatic rings. The Morgan fingerprint density at radius 2 is 2.05 bits per heavy atom.